The van der Waals surface area contributed by atoms with Crippen molar-refractivity contribution in [3.8, 4) is 0 Å². The highest BCUT2D eigenvalue weighted by atomic mass is 16.5. The van der Waals surface area contributed by atoms with Gasteiger partial charge in [0.1, 0.15) is 0 Å². The SMILES string of the molecule is CC.CC(C)c1cnc(N2CCOCC2)nc1. The molecule has 0 bridgehead atoms. The lowest BCUT2D eigenvalue weighted by molar-refractivity contribution is 0.122. The average molecular weight is 237 g/mol. The molecule has 1 aliphatic rings. The van der Waals surface area contributed by atoms with Gasteiger partial charge in [-0.25, -0.2) is 9.97 Å². The lowest BCUT2D eigenvalue weighted by atomic mass is 10.1. The van der Waals surface area contributed by atoms with Gasteiger partial charge in [0.05, 0.1) is 13.2 Å². The lowest BCUT2D eigenvalue weighted by Gasteiger charge is -2.26. The quantitative estimate of drug-likeness (QED) is 0.792. The van der Waals surface area contributed by atoms with Crippen LogP contribution in [-0.2, 0) is 4.74 Å². The molecule has 17 heavy (non-hydrogen) atoms. The van der Waals surface area contributed by atoms with Crippen molar-refractivity contribution in [1.29, 1.82) is 0 Å². The largest absolute Gasteiger partial charge is 0.378 e. The molecule has 1 aromatic rings. The van der Waals surface area contributed by atoms with Crippen LogP contribution in [0.25, 0.3) is 0 Å². The fourth-order valence-electron chi connectivity index (χ4n) is 1.56. The second kappa shape index (κ2) is 7.22. The molecule has 1 aromatic heterocycles. The van der Waals surface area contributed by atoms with Gasteiger partial charge in [0.15, 0.2) is 0 Å². The normalized spacial score (nSPS) is 15.5. The lowest BCUT2D eigenvalue weighted by Crippen LogP contribution is -2.37. The summed E-state index contributed by atoms with van der Waals surface area (Å²) in [5.74, 6) is 1.31. The van der Waals surface area contributed by atoms with Gasteiger partial charge in [0.25, 0.3) is 0 Å². The molecule has 0 amide bonds. The third-order valence-corrected chi connectivity index (χ3v) is 2.62. The topological polar surface area (TPSA) is 38.2 Å². The van der Waals surface area contributed by atoms with Crippen LogP contribution < -0.4 is 4.90 Å². The average Bonchev–Trinajstić information content (AvgIpc) is 2.42. The molecule has 1 fully saturated rings. The molecule has 0 unspecified atom stereocenters. The molecule has 0 aliphatic carbocycles. The van der Waals surface area contributed by atoms with E-state index in [9.17, 15) is 0 Å². The molecule has 0 aromatic carbocycles. The summed E-state index contributed by atoms with van der Waals surface area (Å²) in [5, 5.41) is 0. The van der Waals surface area contributed by atoms with Crippen molar-refractivity contribution in [3.05, 3.63) is 18.0 Å². The Kier molecular flexibility index (Phi) is 5.91. The predicted molar refractivity (Wildman–Crippen MR) is 70.5 cm³/mol. The van der Waals surface area contributed by atoms with Gasteiger partial charge in [-0.3, -0.25) is 0 Å². The highest BCUT2D eigenvalue weighted by Crippen LogP contribution is 2.14. The standard InChI is InChI=1S/C11H17N3O.C2H6/c1-9(2)10-7-12-11(13-8-10)14-3-5-15-6-4-14;1-2/h7-9H,3-6H2,1-2H3;1-2H3. The van der Waals surface area contributed by atoms with Crippen molar-refractivity contribution < 1.29 is 4.74 Å². The van der Waals surface area contributed by atoms with Gasteiger partial charge in [-0.15, -0.1) is 0 Å². The Labute approximate surface area is 104 Å². The first-order valence-electron chi connectivity index (χ1n) is 6.42. The van der Waals surface area contributed by atoms with Gasteiger partial charge in [0, 0.05) is 25.5 Å². The van der Waals surface area contributed by atoms with Crippen LogP contribution in [0.2, 0.25) is 0 Å². The maximum absolute atomic E-state index is 5.29. The number of anilines is 1. The van der Waals surface area contributed by atoms with Gasteiger partial charge in [-0.1, -0.05) is 27.7 Å². The molecular formula is C13H23N3O. The van der Waals surface area contributed by atoms with Crippen LogP contribution >= 0.6 is 0 Å². The van der Waals surface area contributed by atoms with Crippen molar-refractivity contribution in [3.63, 3.8) is 0 Å². The summed E-state index contributed by atoms with van der Waals surface area (Å²) < 4.78 is 5.29. The van der Waals surface area contributed by atoms with Gasteiger partial charge in [0.2, 0.25) is 5.95 Å². The Hall–Kier alpha value is -1.16. The molecule has 2 rings (SSSR count). The van der Waals surface area contributed by atoms with E-state index in [4.69, 9.17) is 4.74 Å². The summed E-state index contributed by atoms with van der Waals surface area (Å²) >= 11 is 0. The fraction of sp³-hybridized carbons (Fsp3) is 0.692. The fourth-order valence-corrected chi connectivity index (χ4v) is 1.56. The Bertz CT molecular complexity index is 305. The van der Waals surface area contributed by atoms with Crippen LogP contribution in [0.3, 0.4) is 0 Å². The van der Waals surface area contributed by atoms with E-state index in [0.29, 0.717) is 5.92 Å². The first-order chi connectivity index (χ1) is 8.27. The van der Waals surface area contributed by atoms with E-state index < -0.39 is 0 Å². The van der Waals surface area contributed by atoms with E-state index in [2.05, 4.69) is 28.7 Å². The van der Waals surface area contributed by atoms with Crippen molar-refractivity contribution in [2.75, 3.05) is 31.2 Å². The molecule has 0 spiro atoms. The molecule has 0 saturated carbocycles. The second-order valence-corrected chi connectivity index (χ2v) is 4.07. The molecule has 0 radical (unpaired) electrons. The smallest absolute Gasteiger partial charge is 0.225 e. The van der Waals surface area contributed by atoms with Crippen molar-refractivity contribution >= 4 is 5.95 Å². The number of aromatic nitrogens is 2. The van der Waals surface area contributed by atoms with Gasteiger partial charge in [-0.2, -0.15) is 0 Å². The zero-order chi connectivity index (χ0) is 12.7. The van der Waals surface area contributed by atoms with Crippen LogP contribution in [0, 0.1) is 0 Å². The maximum Gasteiger partial charge on any atom is 0.225 e. The van der Waals surface area contributed by atoms with Gasteiger partial charge >= 0.3 is 0 Å². The monoisotopic (exact) mass is 237 g/mol. The van der Waals surface area contributed by atoms with Gasteiger partial charge < -0.3 is 9.64 Å². The summed E-state index contributed by atoms with van der Waals surface area (Å²) in [6, 6.07) is 0. The molecule has 4 nitrogen and oxygen atoms in total. The number of morpholine rings is 1. The molecule has 0 atom stereocenters. The first-order valence-corrected chi connectivity index (χ1v) is 6.42. The molecule has 1 saturated heterocycles. The maximum atomic E-state index is 5.29. The van der Waals surface area contributed by atoms with E-state index in [0.717, 1.165) is 32.3 Å². The number of hydrogen-bond acceptors (Lipinski definition) is 4. The summed E-state index contributed by atoms with van der Waals surface area (Å²) in [4.78, 5) is 10.9. The third-order valence-electron chi connectivity index (χ3n) is 2.62. The predicted octanol–water partition coefficient (Wildman–Crippen LogP) is 2.46. The molecule has 4 heteroatoms. The van der Waals surface area contributed by atoms with E-state index in [1.807, 2.05) is 26.2 Å². The molecule has 2 heterocycles. The van der Waals surface area contributed by atoms with Crippen LogP contribution in [-0.4, -0.2) is 36.3 Å². The van der Waals surface area contributed by atoms with Crippen molar-refractivity contribution in [2.45, 2.75) is 33.6 Å². The zero-order valence-electron chi connectivity index (χ0n) is 11.3. The van der Waals surface area contributed by atoms with Crippen LogP contribution in [0.15, 0.2) is 12.4 Å². The number of rotatable bonds is 2. The Morgan fingerprint density at radius 3 is 2.12 bits per heavy atom. The van der Waals surface area contributed by atoms with Gasteiger partial charge in [-0.05, 0) is 11.5 Å². The number of ether oxygens (including phenoxy) is 1. The minimum atomic E-state index is 0.490. The summed E-state index contributed by atoms with van der Waals surface area (Å²) in [5.41, 5.74) is 1.19. The van der Waals surface area contributed by atoms with Crippen molar-refractivity contribution in [1.82, 2.24) is 9.97 Å². The van der Waals surface area contributed by atoms with Crippen molar-refractivity contribution in [2.24, 2.45) is 0 Å². The van der Waals surface area contributed by atoms with Crippen LogP contribution in [0.5, 0.6) is 0 Å². The van der Waals surface area contributed by atoms with E-state index in [1.54, 1.807) is 0 Å². The highest BCUT2D eigenvalue weighted by Gasteiger charge is 2.13. The zero-order valence-corrected chi connectivity index (χ0v) is 11.3. The summed E-state index contributed by atoms with van der Waals surface area (Å²) in [6.45, 7) is 11.6. The Morgan fingerprint density at radius 1 is 1.12 bits per heavy atom. The first kappa shape index (κ1) is 13.9. The summed E-state index contributed by atoms with van der Waals surface area (Å²) in [7, 11) is 0. The Balaban J connectivity index is 0.000000686. The molecular weight excluding hydrogens is 214 g/mol. The van der Waals surface area contributed by atoms with E-state index in [1.165, 1.54) is 5.56 Å². The summed E-state index contributed by atoms with van der Waals surface area (Å²) in [6.07, 6.45) is 3.84. The van der Waals surface area contributed by atoms with E-state index >= 15 is 0 Å². The van der Waals surface area contributed by atoms with Crippen LogP contribution in [0.1, 0.15) is 39.2 Å². The Morgan fingerprint density at radius 2 is 1.65 bits per heavy atom. The minimum absolute atomic E-state index is 0.490. The minimum Gasteiger partial charge on any atom is -0.378 e. The van der Waals surface area contributed by atoms with E-state index in [-0.39, 0.29) is 0 Å². The second-order valence-electron chi connectivity index (χ2n) is 4.07. The van der Waals surface area contributed by atoms with Crippen LogP contribution in [0.4, 0.5) is 5.95 Å². The number of hydrogen-bond donors (Lipinski definition) is 0. The number of nitrogens with zero attached hydrogens (tertiary/aromatic N) is 3. The molecule has 96 valence electrons. The highest BCUT2D eigenvalue weighted by molar-refractivity contribution is 5.30. The third kappa shape index (κ3) is 3.97. The molecule has 0 N–H and O–H groups in total. The molecule has 1 aliphatic heterocycles.